The molecule has 1 aromatic carbocycles. The quantitative estimate of drug-likeness (QED) is 0.870. The maximum absolute atomic E-state index is 12.3. The lowest BCUT2D eigenvalue weighted by atomic mass is 9.86. The summed E-state index contributed by atoms with van der Waals surface area (Å²) in [5, 5.41) is 3.31. The van der Waals surface area contributed by atoms with Gasteiger partial charge in [0.1, 0.15) is 4.90 Å². The summed E-state index contributed by atoms with van der Waals surface area (Å²) in [7, 11) is -0.318. The SMILES string of the molecule is CN(C)S(=O)(=O)c1ccccc1NCC1CCC(N)CC1. The van der Waals surface area contributed by atoms with Crippen LogP contribution in [0, 0.1) is 5.92 Å². The second kappa shape index (κ2) is 6.77. The van der Waals surface area contributed by atoms with Gasteiger partial charge < -0.3 is 11.1 Å². The highest BCUT2D eigenvalue weighted by molar-refractivity contribution is 7.89. The van der Waals surface area contributed by atoms with E-state index in [4.69, 9.17) is 5.73 Å². The van der Waals surface area contributed by atoms with Gasteiger partial charge in [0.2, 0.25) is 10.0 Å². The summed E-state index contributed by atoms with van der Waals surface area (Å²) in [6.45, 7) is 0.798. The van der Waals surface area contributed by atoms with Crippen LogP contribution in [0.15, 0.2) is 29.2 Å². The van der Waals surface area contributed by atoms with Crippen molar-refractivity contribution >= 4 is 15.7 Å². The van der Waals surface area contributed by atoms with Gasteiger partial charge in [0, 0.05) is 26.7 Å². The molecule has 0 heterocycles. The Bertz CT molecular complexity index is 564. The minimum Gasteiger partial charge on any atom is -0.384 e. The number of hydrogen-bond acceptors (Lipinski definition) is 4. The molecule has 6 heteroatoms. The molecule has 0 aliphatic heterocycles. The van der Waals surface area contributed by atoms with Crippen molar-refractivity contribution < 1.29 is 8.42 Å². The number of nitrogens with zero attached hydrogens (tertiary/aromatic N) is 1. The Kier molecular flexibility index (Phi) is 5.24. The van der Waals surface area contributed by atoms with Gasteiger partial charge in [-0.05, 0) is 43.7 Å². The molecule has 5 nitrogen and oxygen atoms in total. The van der Waals surface area contributed by atoms with E-state index in [-0.39, 0.29) is 0 Å². The van der Waals surface area contributed by atoms with Crippen LogP contribution in [-0.2, 0) is 10.0 Å². The normalized spacial score (nSPS) is 23.2. The van der Waals surface area contributed by atoms with Crippen LogP contribution in [0.3, 0.4) is 0 Å². The van der Waals surface area contributed by atoms with Crippen molar-refractivity contribution in [2.75, 3.05) is 26.0 Å². The smallest absolute Gasteiger partial charge is 0.244 e. The maximum atomic E-state index is 12.3. The Morgan fingerprint density at radius 1 is 1.19 bits per heavy atom. The molecule has 0 saturated heterocycles. The maximum Gasteiger partial charge on any atom is 0.244 e. The molecule has 21 heavy (non-hydrogen) atoms. The lowest BCUT2D eigenvalue weighted by Crippen LogP contribution is -2.29. The van der Waals surface area contributed by atoms with E-state index in [2.05, 4.69) is 5.32 Å². The zero-order valence-corrected chi connectivity index (χ0v) is 13.6. The summed E-state index contributed by atoms with van der Waals surface area (Å²) in [6.07, 6.45) is 4.33. The van der Waals surface area contributed by atoms with Crippen molar-refractivity contribution in [3.63, 3.8) is 0 Å². The molecule has 0 radical (unpaired) electrons. The predicted molar refractivity (Wildman–Crippen MR) is 85.7 cm³/mol. The van der Waals surface area contributed by atoms with Crippen LogP contribution >= 0.6 is 0 Å². The fourth-order valence-electron chi connectivity index (χ4n) is 2.68. The van der Waals surface area contributed by atoms with Gasteiger partial charge in [-0.15, -0.1) is 0 Å². The topological polar surface area (TPSA) is 75.4 Å². The molecule has 2 rings (SSSR count). The van der Waals surface area contributed by atoms with E-state index >= 15 is 0 Å². The number of anilines is 1. The first-order chi connectivity index (χ1) is 9.91. The third kappa shape index (κ3) is 3.96. The van der Waals surface area contributed by atoms with E-state index in [0.29, 0.717) is 22.5 Å². The van der Waals surface area contributed by atoms with E-state index in [0.717, 1.165) is 32.2 Å². The van der Waals surface area contributed by atoms with Crippen LogP contribution in [0.4, 0.5) is 5.69 Å². The monoisotopic (exact) mass is 311 g/mol. The standard InChI is InChI=1S/C15H25N3O2S/c1-18(2)21(19,20)15-6-4-3-5-14(15)17-11-12-7-9-13(16)10-8-12/h3-6,12-13,17H,7-11,16H2,1-2H3. The molecule has 1 aliphatic rings. The van der Waals surface area contributed by atoms with E-state index in [1.165, 1.54) is 4.31 Å². The second-order valence-electron chi connectivity index (χ2n) is 5.95. The summed E-state index contributed by atoms with van der Waals surface area (Å²) in [4.78, 5) is 0.336. The zero-order chi connectivity index (χ0) is 15.5. The van der Waals surface area contributed by atoms with Gasteiger partial charge in [0.15, 0.2) is 0 Å². The summed E-state index contributed by atoms with van der Waals surface area (Å²) in [6, 6.07) is 7.41. The molecule has 3 N–H and O–H groups in total. The van der Waals surface area contributed by atoms with Gasteiger partial charge in [-0.25, -0.2) is 12.7 Å². The molecule has 0 bridgehead atoms. The number of hydrogen-bond donors (Lipinski definition) is 2. The molecular weight excluding hydrogens is 286 g/mol. The Balaban J connectivity index is 2.07. The van der Waals surface area contributed by atoms with E-state index < -0.39 is 10.0 Å². The molecular formula is C15H25N3O2S. The van der Waals surface area contributed by atoms with Crippen molar-refractivity contribution in [1.82, 2.24) is 4.31 Å². The van der Waals surface area contributed by atoms with Crippen LogP contribution in [0.2, 0.25) is 0 Å². The highest BCUT2D eigenvalue weighted by Crippen LogP contribution is 2.26. The average molecular weight is 311 g/mol. The molecule has 0 unspecified atom stereocenters. The fourth-order valence-corrected chi connectivity index (χ4v) is 3.74. The summed E-state index contributed by atoms with van der Waals surface area (Å²) in [5.41, 5.74) is 6.60. The largest absolute Gasteiger partial charge is 0.384 e. The summed E-state index contributed by atoms with van der Waals surface area (Å²) >= 11 is 0. The molecule has 0 spiro atoms. The first kappa shape index (κ1) is 16.3. The third-order valence-electron chi connectivity index (χ3n) is 4.12. The van der Waals surface area contributed by atoms with Crippen LogP contribution in [0.5, 0.6) is 0 Å². The Morgan fingerprint density at radius 2 is 1.81 bits per heavy atom. The number of sulfonamides is 1. The van der Waals surface area contributed by atoms with E-state index in [1.54, 1.807) is 26.2 Å². The molecule has 1 fully saturated rings. The lowest BCUT2D eigenvalue weighted by molar-refractivity contribution is 0.338. The van der Waals surface area contributed by atoms with Gasteiger partial charge in [0.05, 0.1) is 5.69 Å². The minimum atomic E-state index is -3.42. The van der Waals surface area contributed by atoms with Crippen molar-refractivity contribution in [1.29, 1.82) is 0 Å². The molecule has 1 aliphatic carbocycles. The lowest BCUT2D eigenvalue weighted by Gasteiger charge is -2.27. The van der Waals surface area contributed by atoms with Crippen molar-refractivity contribution in [3.05, 3.63) is 24.3 Å². The van der Waals surface area contributed by atoms with Crippen LogP contribution < -0.4 is 11.1 Å². The average Bonchev–Trinajstić information content (AvgIpc) is 2.47. The van der Waals surface area contributed by atoms with Crippen molar-refractivity contribution in [2.45, 2.75) is 36.6 Å². The summed E-state index contributed by atoms with van der Waals surface area (Å²) in [5.74, 6) is 0.569. The Hall–Kier alpha value is -1.11. The molecule has 0 aromatic heterocycles. The third-order valence-corrected chi connectivity index (χ3v) is 5.99. The summed E-state index contributed by atoms with van der Waals surface area (Å²) < 4.78 is 25.9. The van der Waals surface area contributed by atoms with Gasteiger partial charge in [-0.2, -0.15) is 0 Å². The first-order valence-corrected chi connectivity index (χ1v) is 8.86. The number of benzene rings is 1. The predicted octanol–water partition coefficient (Wildman–Crippen LogP) is 1.87. The van der Waals surface area contributed by atoms with Crippen molar-refractivity contribution in [3.8, 4) is 0 Å². The zero-order valence-electron chi connectivity index (χ0n) is 12.7. The molecule has 0 atom stereocenters. The van der Waals surface area contributed by atoms with E-state index in [1.807, 2.05) is 12.1 Å². The number of nitrogens with one attached hydrogen (secondary N) is 1. The molecule has 118 valence electrons. The van der Waals surface area contributed by atoms with Gasteiger partial charge >= 0.3 is 0 Å². The van der Waals surface area contributed by atoms with Crippen LogP contribution in [0.1, 0.15) is 25.7 Å². The number of para-hydroxylation sites is 1. The number of rotatable bonds is 5. The molecule has 1 saturated carbocycles. The van der Waals surface area contributed by atoms with Crippen LogP contribution in [0.25, 0.3) is 0 Å². The minimum absolute atomic E-state index is 0.336. The van der Waals surface area contributed by atoms with Crippen molar-refractivity contribution in [2.24, 2.45) is 11.7 Å². The highest BCUT2D eigenvalue weighted by atomic mass is 32.2. The highest BCUT2D eigenvalue weighted by Gasteiger charge is 2.22. The molecule has 0 amide bonds. The molecule has 1 aromatic rings. The van der Waals surface area contributed by atoms with Gasteiger partial charge in [-0.1, -0.05) is 12.1 Å². The fraction of sp³-hybridized carbons (Fsp3) is 0.600. The van der Waals surface area contributed by atoms with E-state index in [9.17, 15) is 8.42 Å². The second-order valence-corrected chi connectivity index (χ2v) is 8.07. The Labute approximate surface area is 127 Å². The van der Waals surface area contributed by atoms with Crippen LogP contribution in [-0.4, -0.2) is 39.4 Å². The van der Waals surface area contributed by atoms with Gasteiger partial charge in [0.25, 0.3) is 0 Å². The van der Waals surface area contributed by atoms with Gasteiger partial charge in [-0.3, -0.25) is 0 Å². The number of nitrogens with two attached hydrogens (primary N) is 1. The Morgan fingerprint density at radius 3 is 2.43 bits per heavy atom. The first-order valence-electron chi connectivity index (χ1n) is 7.42.